The molecule has 1 aliphatic carbocycles. The number of hydrogen-bond donors (Lipinski definition) is 1. The third-order valence-corrected chi connectivity index (χ3v) is 2.91. The van der Waals surface area contributed by atoms with E-state index in [9.17, 15) is 4.79 Å². The highest BCUT2D eigenvalue weighted by atomic mass is 16.7. The fourth-order valence-corrected chi connectivity index (χ4v) is 2.30. The van der Waals surface area contributed by atoms with Gasteiger partial charge in [0.25, 0.3) is 11.7 Å². The van der Waals surface area contributed by atoms with Crippen molar-refractivity contribution in [2.45, 2.75) is 26.1 Å². The van der Waals surface area contributed by atoms with E-state index in [1.54, 1.807) is 0 Å². The number of nitrogens with one attached hydrogen (secondary N) is 1. The van der Waals surface area contributed by atoms with Crippen LogP contribution >= 0.6 is 0 Å². The molecule has 1 fully saturated rings. The van der Waals surface area contributed by atoms with Gasteiger partial charge in [0.15, 0.2) is 0 Å². The molecule has 1 aliphatic heterocycles. The highest BCUT2D eigenvalue weighted by Crippen LogP contribution is 2.39. The summed E-state index contributed by atoms with van der Waals surface area (Å²) in [5.41, 5.74) is 0.898. The lowest BCUT2D eigenvalue weighted by atomic mass is 9.91. The van der Waals surface area contributed by atoms with Gasteiger partial charge in [0.1, 0.15) is 0 Å². The molecule has 4 heteroatoms. The van der Waals surface area contributed by atoms with Crippen molar-refractivity contribution >= 4 is 5.91 Å². The third kappa shape index (κ3) is 1.58. The van der Waals surface area contributed by atoms with Crippen LogP contribution in [-0.4, -0.2) is 24.9 Å². The van der Waals surface area contributed by atoms with Gasteiger partial charge >= 0.3 is 0 Å². The van der Waals surface area contributed by atoms with E-state index in [1.807, 2.05) is 32.1 Å². The van der Waals surface area contributed by atoms with Crippen molar-refractivity contribution in [3.63, 3.8) is 0 Å². The first-order valence-corrected chi connectivity index (χ1v) is 5.70. The summed E-state index contributed by atoms with van der Waals surface area (Å²) in [5.74, 6) is -1.35. The van der Waals surface area contributed by atoms with Crippen LogP contribution in [0.5, 0.6) is 0 Å². The SMILES string of the molecule is CCOC1(OCC)C(=O)NC2=CC=CCC21. The zero-order valence-corrected chi connectivity index (χ0v) is 9.66. The molecule has 0 spiro atoms. The van der Waals surface area contributed by atoms with Gasteiger partial charge in [-0.1, -0.05) is 12.2 Å². The molecule has 0 saturated carbocycles. The van der Waals surface area contributed by atoms with Gasteiger partial charge in [-0.2, -0.15) is 0 Å². The summed E-state index contributed by atoms with van der Waals surface area (Å²) in [6, 6.07) is 0. The van der Waals surface area contributed by atoms with E-state index in [0.717, 1.165) is 12.1 Å². The number of amides is 1. The van der Waals surface area contributed by atoms with E-state index in [2.05, 4.69) is 5.32 Å². The Balaban J connectivity index is 2.32. The predicted molar refractivity (Wildman–Crippen MR) is 59.5 cm³/mol. The predicted octanol–water partition coefficient (Wildman–Crippen LogP) is 1.35. The van der Waals surface area contributed by atoms with Gasteiger partial charge in [-0.15, -0.1) is 0 Å². The largest absolute Gasteiger partial charge is 0.342 e. The topological polar surface area (TPSA) is 47.6 Å². The van der Waals surface area contributed by atoms with Crippen LogP contribution in [0.15, 0.2) is 23.9 Å². The summed E-state index contributed by atoms with van der Waals surface area (Å²) in [7, 11) is 0. The van der Waals surface area contributed by atoms with Crippen molar-refractivity contribution in [1.82, 2.24) is 5.32 Å². The average molecular weight is 223 g/mol. The number of ether oxygens (including phenoxy) is 2. The van der Waals surface area contributed by atoms with Crippen molar-refractivity contribution in [2.24, 2.45) is 5.92 Å². The van der Waals surface area contributed by atoms with Gasteiger partial charge in [-0.25, -0.2) is 0 Å². The summed E-state index contributed by atoms with van der Waals surface area (Å²) in [4.78, 5) is 12.0. The minimum absolute atomic E-state index is 0.0371. The lowest BCUT2D eigenvalue weighted by molar-refractivity contribution is -0.236. The molecule has 88 valence electrons. The zero-order valence-electron chi connectivity index (χ0n) is 9.66. The molecule has 4 nitrogen and oxygen atoms in total. The lowest BCUT2D eigenvalue weighted by Crippen LogP contribution is -2.48. The average Bonchev–Trinajstić information content (AvgIpc) is 2.54. The first kappa shape index (κ1) is 11.4. The van der Waals surface area contributed by atoms with Crippen LogP contribution in [0.25, 0.3) is 0 Å². The molecule has 1 amide bonds. The van der Waals surface area contributed by atoms with Gasteiger partial charge in [-0.05, 0) is 26.3 Å². The number of hydrogen-bond acceptors (Lipinski definition) is 3. The molecule has 0 bridgehead atoms. The van der Waals surface area contributed by atoms with Gasteiger partial charge in [0, 0.05) is 18.9 Å². The van der Waals surface area contributed by atoms with Crippen molar-refractivity contribution in [3.8, 4) is 0 Å². The van der Waals surface area contributed by atoms with Crippen LogP contribution in [0.4, 0.5) is 0 Å². The monoisotopic (exact) mass is 223 g/mol. The minimum atomic E-state index is -1.12. The Labute approximate surface area is 95.3 Å². The normalized spacial score (nSPS) is 26.2. The number of allylic oxidation sites excluding steroid dienone is 3. The molecule has 2 rings (SSSR count). The molecule has 0 aromatic carbocycles. The second-order valence-corrected chi connectivity index (χ2v) is 3.83. The van der Waals surface area contributed by atoms with E-state index < -0.39 is 5.79 Å². The van der Waals surface area contributed by atoms with Gasteiger partial charge in [0.2, 0.25) is 0 Å². The molecule has 0 radical (unpaired) electrons. The summed E-state index contributed by atoms with van der Waals surface area (Å²) in [5, 5.41) is 2.84. The Morgan fingerprint density at radius 3 is 2.75 bits per heavy atom. The Kier molecular flexibility index (Phi) is 3.12. The number of fused-ring (bicyclic) bond motifs is 1. The molecule has 1 saturated heterocycles. The number of carbonyl (C=O) groups excluding carboxylic acids is 1. The molecular weight excluding hydrogens is 206 g/mol. The second kappa shape index (κ2) is 4.39. The molecule has 1 atom stereocenters. The van der Waals surface area contributed by atoms with Crippen LogP contribution in [0.3, 0.4) is 0 Å². The fourth-order valence-electron chi connectivity index (χ4n) is 2.30. The van der Waals surface area contributed by atoms with Crippen molar-refractivity contribution in [1.29, 1.82) is 0 Å². The van der Waals surface area contributed by atoms with E-state index in [1.165, 1.54) is 0 Å². The summed E-state index contributed by atoms with van der Waals surface area (Å²) in [6.45, 7) is 4.66. The van der Waals surface area contributed by atoms with E-state index in [4.69, 9.17) is 9.47 Å². The highest BCUT2D eigenvalue weighted by molar-refractivity contribution is 5.89. The molecule has 0 aromatic heterocycles. The van der Waals surface area contributed by atoms with Crippen LogP contribution in [0.2, 0.25) is 0 Å². The minimum Gasteiger partial charge on any atom is -0.342 e. The molecule has 2 aliphatic rings. The second-order valence-electron chi connectivity index (χ2n) is 3.83. The summed E-state index contributed by atoms with van der Waals surface area (Å²) >= 11 is 0. The van der Waals surface area contributed by atoms with Gasteiger partial charge in [0.05, 0.1) is 5.92 Å². The Morgan fingerprint density at radius 2 is 2.12 bits per heavy atom. The molecular formula is C12H17NO3. The zero-order chi connectivity index (χ0) is 11.6. The maximum absolute atomic E-state index is 12.0. The van der Waals surface area contributed by atoms with Crippen LogP contribution < -0.4 is 5.32 Å². The molecule has 1 N–H and O–H groups in total. The van der Waals surface area contributed by atoms with E-state index in [0.29, 0.717) is 13.2 Å². The smallest absolute Gasteiger partial charge is 0.285 e. The standard InChI is InChI=1S/C12H17NO3/c1-3-15-12(16-4-2)9-7-5-6-8-10(9)13-11(12)14/h5-6,8-9H,3-4,7H2,1-2H3,(H,13,14). The molecule has 16 heavy (non-hydrogen) atoms. The third-order valence-electron chi connectivity index (χ3n) is 2.91. The van der Waals surface area contributed by atoms with Gasteiger partial charge in [-0.3, -0.25) is 4.79 Å². The Hall–Kier alpha value is -1.13. The molecule has 1 heterocycles. The maximum atomic E-state index is 12.0. The summed E-state index contributed by atoms with van der Waals surface area (Å²) in [6.07, 6.45) is 6.65. The van der Waals surface area contributed by atoms with Crippen LogP contribution in [0, 0.1) is 5.92 Å². The van der Waals surface area contributed by atoms with E-state index in [-0.39, 0.29) is 11.8 Å². The van der Waals surface area contributed by atoms with Crippen molar-refractivity contribution in [2.75, 3.05) is 13.2 Å². The van der Waals surface area contributed by atoms with Crippen LogP contribution in [-0.2, 0) is 14.3 Å². The van der Waals surface area contributed by atoms with Crippen molar-refractivity contribution < 1.29 is 14.3 Å². The Bertz CT molecular complexity index is 340. The molecule has 0 aromatic rings. The van der Waals surface area contributed by atoms with E-state index >= 15 is 0 Å². The van der Waals surface area contributed by atoms with Crippen LogP contribution in [0.1, 0.15) is 20.3 Å². The van der Waals surface area contributed by atoms with Crippen molar-refractivity contribution in [3.05, 3.63) is 23.9 Å². The number of carbonyl (C=O) groups is 1. The first-order chi connectivity index (χ1) is 7.74. The molecule has 1 unspecified atom stereocenters. The highest BCUT2D eigenvalue weighted by Gasteiger charge is 2.55. The maximum Gasteiger partial charge on any atom is 0.285 e. The fraction of sp³-hybridized carbons (Fsp3) is 0.583. The number of rotatable bonds is 4. The lowest BCUT2D eigenvalue weighted by Gasteiger charge is -2.31. The quantitative estimate of drug-likeness (QED) is 0.732. The summed E-state index contributed by atoms with van der Waals surface area (Å²) < 4.78 is 11.2. The first-order valence-electron chi connectivity index (χ1n) is 5.70. The van der Waals surface area contributed by atoms with Gasteiger partial charge < -0.3 is 14.8 Å². The Morgan fingerprint density at radius 1 is 1.44 bits per heavy atom.